The number of rotatable bonds is 2. The number of anilines is 1. The van der Waals surface area contributed by atoms with E-state index in [0.717, 1.165) is 0 Å². The van der Waals surface area contributed by atoms with Crippen molar-refractivity contribution in [1.82, 2.24) is 19.5 Å². The fourth-order valence-electron chi connectivity index (χ4n) is 2.55. The Bertz CT molecular complexity index is 787. The van der Waals surface area contributed by atoms with Crippen LogP contribution in [0, 0.1) is 3.83 Å². The molecular formula is C11H14IN5O5. The Hall–Kier alpha value is -1.28. The lowest BCUT2D eigenvalue weighted by Crippen LogP contribution is -2.44. The summed E-state index contributed by atoms with van der Waals surface area (Å²) in [6.45, 7) is 0.906. The third-order valence-electron chi connectivity index (χ3n) is 3.69. The predicted molar refractivity (Wildman–Crippen MR) is 82.9 cm³/mol. The lowest BCUT2D eigenvalue weighted by molar-refractivity contribution is -0.0961. The fourth-order valence-corrected chi connectivity index (χ4v) is 3.27. The normalized spacial score (nSPS) is 32.0. The molecule has 3 rings (SSSR count). The van der Waals surface area contributed by atoms with E-state index in [1.54, 1.807) is 0 Å². The summed E-state index contributed by atoms with van der Waals surface area (Å²) in [6, 6.07) is 0. The molecule has 1 unspecified atom stereocenters. The smallest absolute Gasteiger partial charge is 0.280 e. The maximum atomic E-state index is 11.9. The molecule has 0 aliphatic carbocycles. The highest BCUT2D eigenvalue weighted by molar-refractivity contribution is 14.1. The highest BCUT2D eigenvalue weighted by Crippen LogP contribution is 2.40. The largest absolute Gasteiger partial charge is 0.394 e. The van der Waals surface area contributed by atoms with Gasteiger partial charge in [-0.25, -0.2) is 4.98 Å². The first-order valence-electron chi connectivity index (χ1n) is 6.37. The topological polar surface area (TPSA) is 160 Å². The van der Waals surface area contributed by atoms with E-state index in [2.05, 4.69) is 15.0 Å². The average Bonchev–Trinajstić information content (AvgIpc) is 2.86. The van der Waals surface area contributed by atoms with Gasteiger partial charge in [0, 0.05) is 22.6 Å². The Morgan fingerprint density at radius 2 is 2.23 bits per heavy atom. The van der Waals surface area contributed by atoms with Crippen LogP contribution in [0.4, 0.5) is 5.95 Å². The standard InChI is InChI=1S/C11H14IN5O5/c1-11(21)5(19)3(2-18)22-8(11)17-6-4(14-9(17)12)7(20)16-10(13)15-6/h3,5,8,18-19,21H,2H2,1H3,(H3,13,15,16,20)/t3-,5-,8?,11-/m1/s1. The van der Waals surface area contributed by atoms with Crippen LogP contribution < -0.4 is 11.3 Å². The minimum absolute atomic E-state index is 0.0416. The van der Waals surface area contributed by atoms with E-state index in [0.29, 0.717) is 3.83 Å². The lowest BCUT2D eigenvalue weighted by Gasteiger charge is -2.27. The number of hydrogen-bond donors (Lipinski definition) is 5. The molecule has 4 atom stereocenters. The zero-order valence-corrected chi connectivity index (χ0v) is 13.6. The van der Waals surface area contributed by atoms with Crippen molar-refractivity contribution in [2.75, 3.05) is 12.3 Å². The molecule has 0 saturated carbocycles. The van der Waals surface area contributed by atoms with E-state index in [1.165, 1.54) is 11.5 Å². The van der Waals surface area contributed by atoms with Crippen LogP contribution in [0.2, 0.25) is 0 Å². The summed E-state index contributed by atoms with van der Waals surface area (Å²) in [5.41, 5.74) is 3.49. The number of H-pyrrole nitrogens is 1. The Morgan fingerprint density at radius 1 is 1.55 bits per heavy atom. The van der Waals surface area contributed by atoms with Gasteiger partial charge in [0.05, 0.1) is 6.61 Å². The van der Waals surface area contributed by atoms with Gasteiger partial charge in [0.2, 0.25) is 5.95 Å². The predicted octanol–water partition coefficient (Wildman–Crippen LogP) is -1.69. The first kappa shape index (κ1) is 15.6. The third kappa shape index (κ3) is 2.11. The number of hydrogen-bond acceptors (Lipinski definition) is 8. The van der Waals surface area contributed by atoms with Crippen LogP contribution >= 0.6 is 22.6 Å². The second-order valence-corrected chi connectivity index (χ2v) is 6.22. The molecule has 0 spiro atoms. The molecule has 3 heterocycles. The number of aliphatic hydroxyl groups is 3. The Balaban J connectivity index is 2.22. The number of imidazole rings is 1. The summed E-state index contributed by atoms with van der Waals surface area (Å²) in [5, 5.41) is 29.9. The minimum atomic E-state index is -1.71. The number of aliphatic hydroxyl groups excluding tert-OH is 2. The van der Waals surface area contributed by atoms with Crippen LogP contribution in [0.1, 0.15) is 13.2 Å². The number of fused-ring (bicyclic) bond motifs is 1. The van der Waals surface area contributed by atoms with Gasteiger partial charge in [-0.3, -0.25) is 14.3 Å². The van der Waals surface area contributed by atoms with Crippen molar-refractivity contribution in [3.8, 4) is 0 Å². The molecule has 120 valence electrons. The van der Waals surface area contributed by atoms with Gasteiger partial charge in [0.25, 0.3) is 5.56 Å². The van der Waals surface area contributed by atoms with Crippen LogP contribution in [0.25, 0.3) is 11.2 Å². The zero-order chi connectivity index (χ0) is 16.2. The maximum Gasteiger partial charge on any atom is 0.280 e. The number of ether oxygens (including phenoxy) is 1. The van der Waals surface area contributed by atoms with E-state index in [1.807, 2.05) is 22.6 Å². The van der Waals surface area contributed by atoms with Crippen LogP contribution in [0.5, 0.6) is 0 Å². The lowest BCUT2D eigenvalue weighted by atomic mass is 9.96. The Morgan fingerprint density at radius 3 is 2.82 bits per heavy atom. The van der Waals surface area contributed by atoms with Crippen molar-refractivity contribution in [3.63, 3.8) is 0 Å². The number of halogens is 1. The van der Waals surface area contributed by atoms with Crippen molar-refractivity contribution >= 4 is 39.7 Å². The second kappa shape index (κ2) is 5.13. The van der Waals surface area contributed by atoms with E-state index in [4.69, 9.17) is 10.5 Å². The zero-order valence-electron chi connectivity index (χ0n) is 11.4. The van der Waals surface area contributed by atoms with E-state index in [9.17, 15) is 20.1 Å². The van der Waals surface area contributed by atoms with Gasteiger partial charge in [-0.05, 0) is 6.92 Å². The number of nitrogens with zero attached hydrogens (tertiary/aromatic N) is 3. The summed E-state index contributed by atoms with van der Waals surface area (Å²) < 4.78 is 7.23. The van der Waals surface area contributed by atoms with Crippen molar-refractivity contribution in [1.29, 1.82) is 0 Å². The molecule has 0 bridgehead atoms. The molecule has 1 aliphatic rings. The first-order chi connectivity index (χ1) is 10.3. The van der Waals surface area contributed by atoms with Crippen molar-refractivity contribution in [2.24, 2.45) is 0 Å². The Kier molecular flexibility index (Phi) is 3.64. The number of nitrogens with one attached hydrogen (secondary N) is 1. The second-order valence-electron chi connectivity index (χ2n) is 5.25. The van der Waals surface area contributed by atoms with Gasteiger partial charge in [0.15, 0.2) is 21.2 Å². The molecule has 22 heavy (non-hydrogen) atoms. The molecule has 1 aliphatic heterocycles. The van der Waals surface area contributed by atoms with E-state index in [-0.39, 0.29) is 17.1 Å². The SMILES string of the molecule is C[C@]1(O)C(n2c(I)nc3c(=O)[nH]c(N)nc32)O[C@H](CO)[C@H]1O. The molecule has 2 aromatic rings. The van der Waals surface area contributed by atoms with E-state index >= 15 is 0 Å². The maximum absolute atomic E-state index is 11.9. The molecule has 1 fully saturated rings. The quantitative estimate of drug-likeness (QED) is 0.283. The van der Waals surface area contributed by atoms with E-state index < -0.39 is 36.2 Å². The molecule has 1 saturated heterocycles. The first-order valence-corrected chi connectivity index (χ1v) is 7.45. The summed E-state index contributed by atoms with van der Waals surface area (Å²) in [7, 11) is 0. The monoisotopic (exact) mass is 423 g/mol. The number of aromatic amines is 1. The molecule has 10 nitrogen and oxygen atoms in total. The Labute approximate surface area is 137 Å². The highest BCUT2D eigenvalue weighted by atomic mass is 127. The molecule has 0 amide bonds. The van der Waals surface area contributed by atoms with Crippen LogP contribution in [0.15, 0.2) is 4.79 Å². The van der Waals surface area contributed by atoms with Crippen LogP contribution in [-0.2, 0) is 4.74 Å². The minimum Gasteiger partial charge on any atom is -0.394 e. The van der Waals surface area contributed by atoms with Gasteiger partial charge in [0.1, 0.15) is 17.8 Å². The van der Waals surface area contributed by atoms with Crippen molar-refractivity contribution in [3.05, 3.63) is 14.2 Å². The molecule has 0 aromatic carbocycles. The van der Waals surface area contributed by atoms with Gasteiger partial charge in [-0.2, -0.15) is 4.98 Å². The molecular weight excluding hydrogens is 409 g/mol. The summed E-state index contributed by atoms with van der Waals surface area (Å²) in [5.74, 6) is -0.105. The molecule has 0 radical (unpaired) electrons. The summed E-state index contributed by atoms with van der Waals surface area (Å²) >= 11 is 1.86. The summed E-state index contributed by atoms with van der Waals surface area (Å²) in [4.78, 5) is 22.3. The van der Waals surface area contributed by atoms with Crippen LogP contribution in [0.3, 0.4) is 0 Å². The number of aromatic nitrogens is 4. The number of nitrogens with two attached hydrogens (primary N) is 1. The van der Waals surface area contributed by atoms with Gasteiger partial charge in [-0.15, -0.1) is 0 Å². The van der Waals surface area contributed by atoms with Crippen molar-refractivity contribution in [2.45, 2.75) is 31.0 Å². The number of nitrogen functional groups attached to an aromatic ring is 1. The van der Waals surface area contributed by atoms with Gasteiger partial charge in [-0.1, -0.05) is 0 Å². The third-order valence-corrected chi connectivity index (χ3v) is 4.46. The van der Waals surface area contributed by atoms with Gasteiger partial charge >= 0.3 is 0 Å². The fraction of sp³-hybridized carbons (Fsp3) is 0.545. The molecule has 11 heteroatoms. The van der Waals surface area contributed by atoms with Crippen LogP contribution in [-0.4, -0.2) is 59.3 Å². The molecule has 6 N–H and O–H groups in total. The summed E-state index contributed by atoms with van der Waals surface area (Å²) in [6.07, 6.45) is -3.35. The van der Waals surface area contributed by atoms with Gasteiger partial charge < -0.3 is 25.8 Å². The van der Waals surface area contributed by atoms with Crippen molar-refractivity contribution < 1.29 is 20.1 Å². The highest BCUT2D eigenvalue weighted by Gasteiger charge is 2.53. The average molecular weight is 423 g/mol. The molecule has 2 aromatic heterocycles.